The van der Waals surface area contributed by atoms with Crippen molar-refractivity contribution >= 4 is 22.7 Å². The zero-order valence-electron chi connectivity index (χ0n) is 17.7. The monoisotopic (exact) mass is 412 g/mol. The molecule has 1 aliphatic carbocycles. The lowest BCUT2D eigenvalue weighted by Gasteiger charge is -2.48. The second kappa shape index (κ2) is 7.28. The summed E-state index contributed by atoms with van der Waals surface area (Å²) in [5.41, 5.74) is 14.3. The van der Waals surface area contributed by atoms with Crippen LogP contribution in [0.15, 0.2) is 127 Å². The van der Waals surface area contributed by atoms with Crippen LogP contribution in [0.1, 0.15) is 16.7 Å². The number of fused-ring (bicyclic) bond motifs is 2. The first kappa shape index (κ1) is 18.7. The molecule has 0 atom stereocenters. The smallest absolute Gasteiger partial charge is 0.0610 e. The number of allylic oxidation sites excluding steroid dienone is 4. The molecule has 0 radical (unpaired) electrons. The van der Waals surface area contributed by atoms with Gasteiger partial charge in [0.2, 0.25) is 0 Å². The summed E-state index contributed by atoms with van der Waals surface area (Å²) in [7, 11) is 0. The van der Waals surface area contributed by atoms with E-state index in [0.717, 1.165) is 16.9 Å². The number of nitrogen functional groups attached to an aromatic ring is 1. The van der Waals surface area contributed by atoms with Gasteiger partial charge in [-0.15, -0.1) is 0 Å². The van der Waals surface area contributed by atoms with Crippen molar-refractivity contribution in [2.75, 3.05) is 10.6 Å². The van der Waals surface area contributed by atoms with Crippen molar-refractivity contribution in [2.24, 2.45) is 5.92 Å². The van der Waals surface area contributed by atoms with Crippen LogP contribution >= 0.6 is 0 Å². The average Bonchev–Trinajstić information content (AvgIpc) is 3.39. The minimum Gasteiger partial charge on any atom is -0.398 e. The largest absolute Gasteiger partial charge is 0.398 e. The van der Waals surface area contributed by atoms with Crippen LogP contribution in [0.5, 0.6) is 0 Å². The molecule has 2 N–H and O–H groups in total. The SMILES string of the molecule is Nc1ccccc1C1(C2C=CC=C2)c2ccccc2N(c2ccccc2)c2ccccc21. The number of nitrogens with zero attached hydrogens (tertiary/aromatic N) is 1. The highest BCUT2D eigenvalue weighted by Crippen LogP contribution is 2.59. The van der Waals surface area contributed by atoms with Crippen molar-refractivity contribution in [1.29, 1.82) is 0 Å². The van der Waals surface area contributed by atoms with Crippen molar-refractivity contribution in [3.8, 4) is 0 Å². The van der Waals surface area contributed by atoms with Gasteiger partial charge in [0.15, 0.2) is 0 Å². The van der Waals surface area contributed by atoms with Gasteiger partial charge in [0.05, 0.1) is 16.8 Å². The number of nitrogens with two attached hydrogens (primary N) is 1. The van der Waals surface area contributed by atoms with Crippen LogP contribution in [0.25, 0.3) is 0 Å². The van der Waals surface area contributed by atoms with Crippen LogP contribution in [-0.2, 0) is 5.41 Å². The van der Waals surface area contributed by atoms with Crippen LogP contribution < -0.4 is 10.6 Å². The third-order valence-electron chi connectivity index (χ3n) is 6.79. The molecule has 4 aromatic carbocycles. The molecule has 0 fully saturated rings. The van der Waals surface area contributed by atoms with E-state index in [2.05, 4.69) is 120 Å². The molecule has 1 aliphatic heterocycles. The molecule has 1 heterocycles. The first-order valence-corrected chi connectivity index (χ1v) is 11.1. The number of hydrogen-bond acceptors (Lipinski definition) is 2. The summed E-state index contributed by atoms with van der Waals surface area (Å²) in [5.74, 6) is 0.160. The third-order valence-corrected chi connectivity index (χ3v) is 6.79. The third kappa shape index (κ3) is 2.53. The fourth-order valence-corrected chi connectivity index (χ4v) is 5.54. The molecule has 4 aromatic rings. The molecule has 0 aromatic heterocycles. The number of anilines is 4. The zero-order valence-corrected chi connectivity index (χ0v) is 17.7. The molecular formula is C30H24N2. The van der Waals surface area contributed by atoms with Crippen LogP contribution in [0.3, 0.4) is 0 Å². The van der Waals surface area contributed by atoms with Crippen LogP contribution in [-0.4, -0.2) is 0 Å². The lowest BCUT2D eigenvalue weighted by Crippen LogP contribution is -2.41. The number of benzene rings is 4. The maximum atomic E-state index is 6.70. The average molecular weight is 413 g/mol. The first-order valence-electron chi connectivity index (χ1n) is 11.1. The maximum Gasteiger partial charge on any atom is 0.0610 e. The van der Waals surface area contributed by atoms with Crippen molar-refractivity contribution < 1.29 is 0 Å². The van der Waals surface area contributed by atoms with Gasteiger partial charge in [-0.1, -0.05) is 97.1 Å². The molecule has 2 aliphatic rings. The van der Waals surface area contributed by atoms with Gasteiger partial charge >= 0.3 is 0 Å². The van der Waals surface area contributed by atoms with Gasteiger partial charge < -0.3 is 10.6 Å². The Bertz CT molecular complexity index is 1290. The first-order chi connectivity index (χ1) is 15.8. The van der Waals surface area contributed by atoms with Crippen LogP contribution in [0, 0.1) is 5.92 Å². The van der Waals surface area contributed by atoms with Gasteiger partial charge in [-0.05, 0) is 47.0 Å². The van der Waals surface area contributed by atoms with Crippen LogP contribution in [0.4, 0.5) is 22.7 Å². The Labute approximate surface area is 189 Å². The zero-order chi connectivity index (χ0) is 21.5. The molecule has 2 nitrogen and oxygen atoms in total. The molecular weight excluding hydrogens is 388 g/mol. The van der Waals surface area contributed by atoms with E-state index in [-0.39, 0.29) is 5.92 Å². The molecule has 2 heteroatoms. The minimum atomic E-state index is -0.423. The van der Waals surface area contributed by atoms with Gasteiger partial charge in [0, 0.05) is 17.3 Å². The second-order valence-corrected chi connectivity index (χ2v) is 8.40. The predicted octanol–water partition coefficient (Wildman–Crippen LogP) is 7.13. The van der Waals surface area contributed by atoms with Gasteiger partial charge in [0.25, 0.3) is 0 Å². The normalized spacial score (nSPS) is 16.1. The van der Waals surface area contributed by atoms with E-state index in [1.807, 2.05) is 12.1 Å². The Morgan fingerprint density at radius 3 is 1.66 bits per heavy atom. The van der Waals surface area contributed by atoms with E-state index in [1.165, 1.54) is 22.5 Å². The van der Waals surface area contributed by atoms with Crippen molar-refractivity contribution in [2.45, 2.75) is 5.41 Å². The van der Waals surface area contributed by atoms with Gasteiger partial charge in [0.1, 0.15) is 0 Å². The Morgan fingerprint density at radius 1 is 0.562 bits per heavy atom. The van der Waals surface area contributed by atoms with Gasteiger partial charge in [-0.2, -0.15) is 0 Å². The predicted molar refractivity (Wildman–Crippen MR) is 134 cm³/mol. The highest BCUT2D eigenvalue weighted by Gasteiger charge is 2.49. The number of hydrogen-bond donors (Lipinski definition) is 1. The minimum absolute atomic E-state index is 0.160. The second-order valence-electron chi connectivity index (χ2n) is 8.40. The fourth-order valence-electron chi connectivity index (χ4n) is 5.54. The van der Waals surface area contributed by atoms with E-state index >= 15 is 0 Å². The van der Waals surface area contributed by atoms with E-state index < -0.39 is 5.41 Å². The highest BCUT2D eigenvalue weighted by molar-refractivity contribution is 5.88. The van der Waals surface area contributed by atoms with E-state index in [4.69, 9.17) is 5.73 Å². The molecule has 0 saturated heterocycles. The molecule has 0 spiro atoms. The van der Waals surface area contributed by atoms with Crippen molar-refractivity contribution in [3.05, 3.63) is 144 Å². The van der Waals surface area contributed by atoms with Gasteiger partial charge in [-0.3, -0.25) is 0 Å². The number of para-hydroxylation sites is 4. The lowest BCUT2D eigenvalue weighted by atomic mass is 9.59. The summed E-state index contributed by atoms with van der Waals surface area (Å²) in [6, 6.07) is 36.5. The lowest BCUT2D eigenvalue weighted by molar-refractivity contribution is 0.525. The van der Waals surface area contributed by atoms with Gasteiger partial charge in [-0.25, -0.2) is 0 Å². The molecule has 0 saturated carbocycles. The van der Waals surface area contributed by atoms with E-state index in [0.29, 0.717) is 0 Å². The quantitative estimate of drug-likeness (QED) is 0.363. The molecule has 32 heavy (non-hydrogen) atoms. The molecule has 6 rings (SSSR count). The molecule has 0 bridgehead atoms. The standard InChI is InChI=1S/C30H24N2/c31-27-19-9-6-16-24(27)30(22-12-4-5-13-22)25-17-7-10-20-28(25)32(23-14-2-1-3-15-23)29-21-11-8-18-26(29)30/h1-22H,31H2. The molecule has 154 valence electrons. The Hall–Kier alpha value is -4.04. The van der Waals surface area contributed by atoms with E-state index in [9.17, 15) is 0 Å². The van der Waals surface area contributed by atoms with Crippen molar-refractivity contribution in [1.82, 2.24) is 0 Å². The summed E-state index contributed by atoms with van der Waals surface area (Å²) in [5, 5.41) is 0. The van der Waals surface area contributed by atoms with Crippen molar-refractivity contribution in [3.63, 3.8) is 0 Å². The Morgan fingerprint density at radius 2 is 1.06 bits per heavy atom. The Balaban J connectivity index is 1.77. The van der Waals surface area contributed by atoms with E-state index in [1.54, 1.807) is 0 Å². The summed E-state index contributed by atoms with van der Waals surface area (Å²) in [6.07, 6.45) is 8.91. The maximum absolute atomic E-state index is 6.70. The highest BCUT2D eigenvalue weighted by atomic mass is 15.2. The topological polar surface area (TPSA) is 29.3 Å². The summed E-state index contributed by atoms with van der Waals surface area (Å²) in [4.78, 5) is 2.38. The molecule has 0 unspecified atom stereocenters. The molecule has 0 amide bonds. The van der Waals surface area contributed by atoms with Crippen LogP contribution in [0.2, 0.25) is 0 Å². The fraction of sp³-hybridized carbons (Fsp3) is 0.0667. The summed E-state index contributed by atoms with van der Waals surface area (Å²) in [6.45, 7) is 0. The summed E-state index contributed by atoms with van der Waals surface area (Å²) >= 11 is 0. The summed E-state index contributed by atoms with van der Waals surface area (Å²) < 4.78 is 0. The Kier molecular flexibility index (Phi) is 4.26. The number of rotatable bonds is 3.